The summed E-state index contributed by atoms with van der Waals surface area (Å²) < 4.78 is 0. The number of aliphatic imine (C=N–C) groups is 1. The third-order valence-electron chi connectivity index (χ3n) is 4.74. The Morgan fingerprint density at radius 1 is 1.16 bits per heavy atom. The number of nitrogens with zero attached hydrogens (tertiary/aromatic N) is 2. The van der Waals surface area contributed by atoms with Crippen LogP contribution in [-0.2, 0) is 6.54 Å². The maximum absolute atomic E-state index is 4.37. The van der Waals surface area contributed by atoms with Gasteiger partial charge in [0.1, 0.15) is 0 Å². The molecule has 1 aromatic heterocycles. The standard InChI is InChI=1S/C20H28N4S/c1-16-7-9-17(10-8-16)19(24-11-3-4-12-24)15-23-20(21-2)22-14-18-6-5-13-25-18/h5-10,13,19H,3-4,11-12,14-15H2,1-2H3,(H2,21,22,23). The van der Waals surface area contributed by atoms with Gasteiger partial charge in [-0.2, -0.15) is 0 Å². The molecule has 1 atom stereocenters. The topological polar surface area (TPSA) is 39.7 Å². The fourth-order valence-electron chi connectivity index (χ4n) is 3.30. The third-order valence-corrected chi connectivity index (χ3v) is 5.62. The fraction of sp³-hybridized carbons (Fsp3) is 0.450. The van der Waals surface area contributed by atoms with E-state index in [2.05, 4.69) is 69.2 Å². The molecule has 0 amide bonds. The van der Waals surface area contributed by atoms with Crippen LogP contribution in [0.1, 0.15) is 34.9 Å². The first kappa shape index (κ1) is 18.0. The van der Waals surface area contributed by atoms with Crippen molar-refractivity contribution in [1.29, 1.82) is 0 Å². The highest BCUT2D eigenvalue weighted by molar-refractivity contribution is 7.09. The third kappa shape index (κ3) is 5.06. The van der Waals surface area contributed by atoms with E-state index in [0.717, 1.165) is 19.0 Å². The van der Waals surface area contributed by atoms with E-state index < -0.39 is 0 Å². The summed E-state index contributed by atoms with van der Waals surface area (Å²) in [5, 5.41) is 9.04. The zero-order chi connectivity index (χ0) is 17.5. The molecular formula is C20H28N4S. The zero-order valence-corrected chi connectivity index (χ0v) is 16.0. The van der Waals surface area contributed by atoms with Gasteiger partial charge >= 0.3 is 0 Å². The summed E-state index contributed by atoms with van der Waals surface area (Å²) in [5.74, 6) is 0.865. The average Bonchev–Trinajstić information content (AvgIpc) is 3.33. The summed E-state index contributed by atoms with van der Waals surface area (Å²) in [7, 11) is 1.83. The van der Waals surface area contributed by atoms with E-state index in [1.54, 1.807) is 11.3 Å². The maximum Gasteiger partial charge on any atom is 0.191 e. The summed E-state index contributed by atoms with van der Waals surface area (Å²) in [6, 6.07) is 13.6. The van der Waals surface area contributed by atoms with Crippen molar-refractivity contribution in [2.24, 2.45) is 4.99 Å². The molecule has 3 rings (SSSR count). The van der Waals surface area contributed by atoms with Gasteiger partial charge < -0.3 is 10.6 Å². The van der Waals surface area contributed by atoms with E-state index in [-0.39, 0.29) is 0 Å². The zero-order valence-electron chi connectivity index (χ0n) is 15.2. The van der Waals surface area contributed by atoms with Gasteiger partial charge in [-0.25, -0.2) is 0 Å². The molecular weight excluding hydrogens is 328 g/mol. The Kier molecular flexibility index (Phi) is 6.48. The Bertz CT molecular complexity index is 658. The van der Waals surface area contributed by atoms with E-state index in [4.69, 9.17) is 0 Å². The largest absolute Gasteiger partial charge is 0.354 e. The van der Waals surface area contributed by atoms with Crippen LogP contribution in [0.5, 0.6) is 0 Å². The number of thiophene rings is 1. The van der Waals surface area contributed by atoms with Crippen LogP contribution in [0.4, 0.5) is 0 Å². The molecule has 2 N–H and O–H groups in total. The monoisotopic (exact) mass is 356 g/mol. The molecule has 2 heterocycles. The predicted molar refractivity (Wildman–Crippen MR) is 107 cm³/mol. The summed E-state index contributed by atoms with van der Waals surface area (Å²) >= 11 is 1.76. The quantitative estimate of drug-likeness (QED) is 0.614. The summed E-state index contributed by atoms with van der Waals surface area (Å²) in [6.07, 6.45) is 2.60. The molecule has 0 saturated carbocycles. The van der Waals surface area contributed by atoms with Crippen LogP contribution < -0.4 is 10.6 Å². The number of hydrogen-bond donors (Lipinski definition) is 2. The summed E-state index contributed by atoms with van der Waals surface area (Å²) in [5.41, 5.74) is 2.69. The maximum atomic E-state index is 4.37. The predicted octanol–water partition coefficient (Wildman–Crippen LogP) is 3.56. The van der Waals surface area contributed by atoms with Gasteiger partial charge in [-0.1, -0.05) is 35.9 Å². The minimum atomic E-state index is 0.392. The molecule has 25 heavy (non-hydrogen) atoms. The van der Waals surface area contributed by atoms with Crippen molar-refractivity contribution in [2.45, 2.75) is 32.4 Å². The molecule has 134 valence electrons. The SMILES string of the molecule is CN=C(NCc1cccs1)NCC(c1ccc(C)cc1)N1CCCC1. The van der Waals surface area contributed by atoms with E-state index in [9.17, 15) is 0 Å². The second-order valence-corrected chi connectivity index (χ2v) is 7.59. The van der Waals surface area contributed by atoms with Crippen LogP contribution in [-0.4, -0.2) is 37.5 Å². The molecule has 1 aromatic carbocycles. The van der Waals surface area contributed by atoms with E-state index >= 15 is 0 Å². The number of guanidine groups is 1. The van der Waals surface area contributed by atoms with Crippen molar-refractivity contribution in [3.63, 3.8) is 0 Å². The second kappa shape index (κ2) is 9.02. The van der Waals surface area contributed by atoms with Crippen LogP contribution >= 0.6 is 11.3 Å². The van der Waals surface area contributed by atoms with Gasteiger partial charge in [0.15, 0.2) is 5.96 Å². The Morgan fingerprint density at radius 2 is 1.92 bits per heavy atom. The van der Waals surface area contributed by atoms with Crippen LogP contribution in [0.15, 0.2) is 46.8 Å². The number of likely N-dealkylation sites (tertiary alicyclic amines) is 1. The molecule has 0 radical (unpaired) electrons. The number of rotatable bonds is 6. The molecule has 1 unspecified atom stereocenters. The number of aryl methyl sites for hydroxylation is 1. The van der Waals surface area contributed by atoms with Gasteiger partial charge in [-0.3, -0.25) is 9.89 Å². The molecule has 0 spiro atoms. The molecule has 4 nitrogen and oxygen atoms in total. The van der Waals surface area contributed by atoms with Crippen LogP contribution in [0.25, 0.3) is 0 Å². The summed E-state index contributed by atoms with van der Waals surface area (Å²) in [4.78, 5) is 8.28. The van der Waals surface area contributed by atoms with Crippen LogP contribution in [0.3, 0.4) is 0 Å². The molecule has 2 aromatic rings. The highest BCUT2D eigenvalue weighted by atomic mass is 32.1. The molecule has 1 saturated heterocycles. The van der Waals surface area contributed by atoms with E-state index in [1.165, 1.54) is 41.9 Å². The lowest BCUT2D eigenvalue weighted by Crippen LogP contribution is -2.42. The lowest BCUT2D eigenvalue weighted by atomic mass is 10.0. The van der Waals surface area contributed by atoms with Gasteiger partial charge in [0, 0.05) is 18.5 Å². The smallest absolute Gasteiger partial charge is 0.191 e. The van der Waals surface area contributed by atoms with Crippen LogP contribution in [0.2, 0.25) is 0 Å². The Hall–Kier alpha value is -1.85. The molecule has 1 aliphatic rings. The van der Waals surface area contributed by atoms with Crippen LogP contribution in [0, 0.1) is 6.92 Å². The van der Waals surface area contributed by atoms with Gasteiger partial charge in [0.05, 0.1) is 12.6 Å². The van der Waals surface area contributed by atoms with Gasteiger partial charge in [0.2, 0.25) is 0 Å². The van der Waals surface area contributed by atoms with Crippen molar-refractivity contribution in [1.82, 2.24) is 15.5 Å². The Morgan fingerprint density at radius 3 is 2.56 bits per heavy atom. The highest BCUT2D eigenvalue weighted by Gasteiger charge is 2.23. The van der Waals surface area contributed by atoms with Gasteiger partial charge in [-0.15, -0.1) is 11.3 Å². The lowest BCUT2D eigenvalue weighted by Gasteiger charge is -2.29. The minimum absolute atomic E-state index is 0.392. The van der Waals surface area contributed by atoms with Crippen molar-refractivity contribution in [2.75, 3.05) is 26.7 Å². The lowest BCUT2D eigenvalue weighted by molar-refractivity contribution is 0.245. The molecule has 1 fully saturated rings. The first-order chi connectivity index (χ1) is 12.3. The number of hydrogen-bond acceptors (Lipinski definition) is 3. The molecule has 1 aliphatic heterocycles. The average molecular weight is 357 g/mol. The molecule has 0 aliphatic carbocycles. The Balaban J connectivity index is 1.61. The van der Waals surface area contributed by atoms with Gasteiger partial charge in [-0.05, 0) is 49.9 Å². The van der Waals surface area contributed by atoms with Crippen molar-refractivity contribution < 1.29 is 0 Å². The van der Waals surface area contributed by atoms with E-state index in [0.29, 0.717) is 6.04 Å². The molecule has 5 heteroatoms. The summed E-state index contributed by atoms with van der Waals surface area (Å²) in [6.45, 7) is 6.19. The molecule has 0 bridgehead atoms. The van der Waals surface area contributed by atoms with Gasteiger partial charge in [0.25, 0.3) is 0 Å². The first-order valence-corrected chi connectivity index (χ1v) is 9.92. The van der Waals surface area contributed by atoms with Crippen molar-refractivity contribution >= 4 is 17.3 Å². The minimum Gasteiger partial charge on any atom is -0.354 e. The number of nitrogens with one attached hydrogen (secondary N) is 2. The van der Waals surface area contributed by atoms with Crippen molar-refractivity contribution in [3.8, 4) is 0 Å². The first-order valence-electron chi connectivity index (χ1n) is 9.04. The number of benzene rings is 1. The fourth-order valence-corrected chi connectivity index (χ4v) is 3.94. The normalized spacial score (nSPS) is 16.8. The highest BCUT2D eigenvalue weighted by Crippen LogP contribution is 2.24. The Labute approximate surface area is 155 Å². The second-order valence-electron chi connectivity index (χ2n) is 6.56. The van der Waals surface area contributed by atoms with Crippen molar-refractivity contribution in [3.05, 3.63) is 57.8 Å². The van der Waals surface area contributed by atoms with E-state index in [1.807, 2.05) is 7.05 Å².